The van der Waals surface area contributed by atoms with Gasteiger partial charge in [-0.3, -0.25) is 4.55 Å². The monoisotopic (exact) mass is 289 g/mol. The minimum absolute atomic E-state index is 0.0530. The second-order valence-corrected chi connectivity index (χ2v) is 9.92. The third kappa shape index (κ3) is 4.21. The van der Waals surface area contributed by atoms with E-state index in [1.807, 2.05) is 11.8 Å². The summed E-state index contributed by atoms with van der Waals surface area (Å²) in [4.78, 5) is 0. The van der Waals surface area contributed by atoms with E-state index in [0.717, 1.165) is 24.3 Å². The predicted octanol–water partition coefficient (Wildman–Crippen LogP) is -0.311. The third-order valence-corrected chi connectivity index (χ3v) is 7.15. The fraction of sp³-hybridized carbons (Fsp3) is 1.00. The highest BCUT2D eigenvalue weighted by Crippen LogP contribution is 2.16. The van der Waals surface area contributed by atoms with E-state index in [1.165, 1.54) is 0 Å². The van der Waals surface area contributed by atoms with E-state index in [0.29, 0.717) is 0 Å². The van der Waals surface area contributed by atoms with Crippen molar-refractivity contribution in [2.24, 2.45) is 0 Å². The van der Waals surface area contributed by atoms with E-state index in [9.17, 15) is 16.8 Å². The molecular formula is C7H15NO5S3. The summed E-state index contributed by atoms with van der Waals surface area (Å²) in [5.74, 6) is 1.47. The van der Waals surface area contributed by atoms with Crippen molar-refractivity contribution >= 4 is 29.8 Å². The second kappa shape index (κ2) is 5.67. The quantitative estimate of drug-likeness (QED) is 0.529. The molecule has 1 aliphatic heterocycles. The van der Waals surface area contributed by atoms with Gasteiger partial charge in [0.25, 0.3) is 8.87 Å². The average molecular weight is 289 g/mol. The number of nitrogens with one attached hydrogen (secondary N) is 1. The molecule has 0 saturated carbocycles. The van der Waals surface area contributed by atoms with Crippen LogP contribution in [0.4, 0.5) is 0 Å². The molecule has 0 atom stereocenters. The van der Waals surface area contributed by atoms with Gasteiger partial charge in [0.2, 0.25) is 0 Å². The largest absolute Gasteiger partial charge is 0.372 e. The molecule has 1 aliphatic rings. The Morgan fingerprint density at radius 1 is 1.19 bits per heavy atom. The Balaban J connectivity index is 2.35. The Morgan fingerprint density at radius 3 is 2.25 bits per heavy atom. The smallest absolute Gasteiger partial charge is 0.313 e. The zero-order chi connectivity index (χ0) is 12.2. The third-order valence-electron chi connectivity index (χ3n) is 2.33. The van der Waals surface area contributed by atoms with Crippen molar-refractivity contribution in [2.75, 3.05) is 23.8 Å². The maximum absolute atomic E-state index is 11.0. The summed E-state index contributed by atoms with van der Waals surface area (Å²) >= 11 is 1.85. The molecule has 9 heteroatoms. The van der Waals surface area contributed by atoms with Crippen LogP contribution in [0, 0.1) is 0 Å². The van der Waals surface area contributed by atoms with E-state index < -0.39 is 23.8 Å². The highest BCUT2D eigenvalue weighted by Gasteiger charge is 2.26. The summed E-state index contributed by atoms with van der Waals surface area (Å²) in [5.41, 5.74) is 0. The molecule has 96 valence electrons. The lowest BCUT2D eigenvalue weighted by Crippen LogP contribution is -2.36. The lowest BCUT2D eigenvalue weighted by atomic mass is 10.1. The van der Waals surface area contributed by atoms with Crippen LogP contribution in [0.5, 0.6) is 0 Å². The van der Waals surface area contributed by atoms with Crippen LogP contribution in [0.3, 0.4) is 0 Å². The summed E-state index contributed by atoms with van der Waals surface area (Å²) in [5, 5.41) is 2.98. The lowest BCUT2D eigenvalue weighted by Gasteiger charge is -2.22. The highest BCUT2D eigenvalue weighted by molar-refractivity contribution is 8.64. The standard InChI is InChI=1S/C7H15NO5S3/c9-15(10,16(11,12)13)6-3-8-7-1-4-14-5-2-7/h7-8H,1-6H2,(H,11,12,13). The molecule has 0 aromatic rings. The van der Waals surface area contributed by atoms with Crippen molar-refractivity contribution in [1.82, 2.24) is 5.32 Å². The van der Waals surface area contributed by atoms with Crippen LogP contribution in [0.2, 0.25) is 0 Å². The molecule has 0 amide bonds. The molecule has 1 fully saturated rings. The zero-order valence-electron chi connectivity index (χ0n) is 8.62. The molecule has 0 spiro atoms. The average Bonchev–Trinajstić information content (AvgIpc) is 2.17. The van der Waals surface area contributed by atoms with E-state index in [1.54, 1.807) is 0 Å². The van der Waals surface area contributed by atoms with Crippen LogP contribution in [0.15, 0.2) is 0 Å². The van der Waals surface area contributed by atoms with Gasteiger partial charge in [0.1, 0.15) is 0 Å². The maximum atomic E-state index is 11.0. The Kier molecular flexibility index (Phi) is 5.05. The van der Waals surface area contributed by atoms with Gasteiger partial charge in [-0.1, -0.05) is 0 Å². The number of thioether (sulfide) groups is 1. The summed E-state index contributed by atoms with van der Waals surface area (Å²) < 4.78 is 51.4. The van der Waals surface area contributed by atoms with Crippen LogP contribution in [-0.4, -0.2) is 51.2 Å². The molecule has 1 rings (SSSR count). The van der Waals surface area contributed by atoms with E-state index >= 15 is 0 Å². The Morgan fingerprint density at radius 2 is 1.75 bits per heavy atom. The van der Waals surface area contributed by atoms with Crippen molar-refractivity contribution in [2.45, 2.75) is 18.9 Å². The molecule has 16 heavy (non-hydrogen) atoms. The molecule has 6 nitrogen and oxygen atoms in total. The molecular weight excluding hydrogens is 274 g/mol. The van der Waals surface area contributed by atoms with Gasteiger partial charge in [-0.25, -0.2) is 8.42 Å². The number of rotatable bonds is 5. The molecule has 0 radical (unpaired) electrons. The molecule has 0 aromatic carbocycles. The zero-order valence-corrected chi connectivity index (χ0v) is 11.1. The first-order valence-electron chi connectivity index (χ1n) is 4.84. The normalized spacial score (nSPS) is 19.8. The Hall–Kier alpha value is 0.170. The van der Waals surface area contributed by atoms with Gasteiger partial charge in [0, 0.05) is 12.6 Å². The van der Waals surface area contributed by atoms with Crippen LogP contribution in [0.25, 0.3) is 0 Å². The fourth-order valence-electron chi connectivity index (χ4n) is 1.40. The number of hydrogen-bond donors (Lipinski definition) is 2. The van der Waals surface area contributed by atoms with E-state index in [4.69, 9.17) is 4.55 Å². The Labute approximate surface area is 99.3 Å². The summed E-state index contributed by atoms with van der Waals surface area (Å²) in [7, 11) is -9.42. The minimum Gasteiger partial charge on any atom is -0.313 e. The Bertz CT molecular complexity index is 409. The fourth-order valence-corrected chi connectivity index (χ4v) is 3.96. The van der Waals surface area contributed by atoms with Crippen molar-refractivity contribution in [3.8, 4) is 0 Å². The summed E-state index contributed by atoms with van der Waals surface area (Å²) in [6.45, 7) is 0.0530. The SMILES string of the molecule is O=S(=O)(O)S(=O)(=O)CCNC1CCSCC1. The van der Waals surface area contributed by atoms with Gasteiger partial charge in [-0.2, -0.15) is 20.2 Å². The molecule has 0 aliphatic carbocycles. The topological polar surface area (TPSA) is 101 Å². The van der Waals surface area contributed by atoms with Crippen molar-refractivity contribution in [3.63, 3.8) is 0 Å². The van der Waals surface area contributed by atoms with E-state index in [2.05, 4.69) is 5.32 Å². The second-order valence-electron chi connectivity index (χ2n) is 3.53. The predicted molar refractivity (Wildman–Crippen MR) is 63.7 cm³/mol. The molecule has 0 unspecified atom stereocenters. The first-order chi connectivity index (χ1) is 7.33. The first kappa shape index (κ1) is 14.2. The van der Waals surface area contributed by atoms with Gasteiger partial charge in [0.05, 0.1) is 5.75 Å². The van der Waals surface area contributed by atoms with Crippen molar-refractivity contribution < 1.29 is 21.4 Å². The maximum Gasteiger partial charge on any atom is 0.372 e. The van der Waals surface area contributed by atoms with Crippen LogP contribution < -0.4 is 5.32 Å². The van der Waals surface area contributed by atoms with Gasteiger partial charge in [-0.05, 0) is 24.3 Å². The van der Waals surface area contributed by atoms with Gasteiger partial charge in [0.15, 0.2) is 0 Å². The molecule has 1 saturated heterocycles. The number of hydrogen-bond acceptors (Lipinski definition) is 6. The van der Waals surface area contributed by atoms with Gasteiger partial charge < -0.3 is 5.32 Å². The summed E-state index contributed by atoms with van der Waals surface area (Å²) in [6, 6.07) is 0.248. The van der Waals surface area contributed by atoms with Crippen LogP contribution in [0.1, 0.15) is 12.8 Å². The molecule has 0 bridgehead atoms. The van der Waals surface area contributed by atoms with Crippen LogP contribution in [-0.2, 0) is 18.0 Å². The van der Waals surface area contributed by atoms with Gasteiger partial charge in [-0.15, -0.1) is 0 Å². The van der Waals surface area contributed by atoms with Gasteiger partial charge >= 0.3 is 9.15 Å². The van der Waals surface area contributed by atoms with E-state index in [-0.39, 0.29) is 12.6 Å². The lowest BCUT2D eigenvalue weighted by molar-refractivity contribution is 0.486. The molecule has 1 heterocycles. The first-order valence-corrected chi connectivity index (χ1v) is 9.60. The van der Waals surface area contributed by atoms with Crippen LogP contribution >= 0.6 is 11.8 Å². The molecule has 0 aromatic heterocycles. The molecule has 2 N–H and O–H groups in total. The minimum atomic E-state index is -4.98. The summed E-state index contributed by atoms with van der Waals surface area (Å²) in [6.07, 6.45) is 1.91. The van der Waals surface area contributed by atoms with Crippen molar-refractivity contribution in [3.05, 3.63) is 0 Å². The van der Waals surface area contributed by atoms with Crippen molar-refractivity contribution in [1.29, 1.82) is 0 Å². The highest BCUT2D eigenvalue weighted by atomic mass is 33.2.